The lowest BCUT2D eigenvalue weighted by Gasteiger charge is -2.09. The third-order valence-electron chi connectivity index (χ3n) is 3.42. The summed E-state index contributed by atoms with van der Waals surface area (Å²) in [5, 5.41) is 24.6. The average Bonchev–Trinajstić information content (AvgIpc) is 2.61. The van der Waals surface area contributed by atoms with E-state index in [2.05, 4.69) is 10.5 Å². The van der Waals surface area contributed by atoms with E-state index in [0.29, 0.717) is 17.7 Å². The first-order valence-electron chi connectivity index (χ1n) is 7.27. The molecular formula is C16H14F3N3O5. The molecule has 0 aliphatic heterocycles. The zero-order valence-electron chi connectivity index (χ0n) is 14.1. The summed E-state index contributed by atoms with van der Waals surface area (Å²) >= 11 is 0. The predicted octanol–water partition coefficient (Wildman–Crippen LogP) is 3.78. The molecule has 11 heteroatoms. The molecule has 0 heterocycles. The summed E-state index contributed by atoms with van der Waals surface area (Å²) in [6.07, 6.45) is -3.47. The molecule has 2 aromatic rings. The van der Waals surface area contributed by atoms with Gasteiger partial charge in [0.2, 0.25) is 5.75 Å². The van der Waals surface area contributed by atoms with Gasteiger partial charge in [-0.25, -0.2) is 0 Å². The number of nitrogens with zero attached hydrogens (tertiary/aromatic N) is 2. The van der Waals surface area contributed by atoms with E-state index in [1.165, 1.54) is 32.6 Å². The molecule has 0 spiro atoms. The highest BCUT2D eigenvalue weighted by Crippen LogP contribution is 2.37. The Morgan fingerprint density at radius 2 is 1.78 bits per heavy atom. The number of nitro groups is 1. The molecule has 0 saturated heterocycles. The van der Waals surface area contributed by atoms with E-state index in [1.807, 2.05) is 0 Å². The zero-order chi connectivity index (χ0) is 20.2. The number of anilines is 1. The fraction of sp³-hybridized carbons (Fsp3) is 0.188. The molecule has 8 nitrogen and oxygen atoms in total. The molecule has 2 rings (SSSR count). The molecule has 0 radical (unpaired) electrons. The fourth-order valence-electron chi connectivity index (χ4n) is 2.12. The van der Waals surface area contributed by atoms with Crippen molar-refractivity contribution in [3.05, 3.63) is 51.6 Å². The number of rotatable bonds is 6. The zero-order valence-corrected chi connectivity index (χ0v) is 14.1. The van der Waals surface area contributed by atoms with E-state index in [1.54, 1.807) is 0 Å². The van der Waals surface area contributed by atoms with Crippen molar-refractivity contribution in [1.82, 2.24) is 0 Å². The molecule has 0 amide bonds. The SMILES string of the molecule is COc1cc(C=NNc2ccc(C(F)(F)F)cc2[N+](=O)[O-])cc(OC)c1O. The Hall–Kier alpha value is -3.50. The Morgan fingerprint density at radius 1 is 1.19 bits per heavy atom. The summed E-state index contributed by atoms with van der Waals surface area (Å²) in [6, 6.07) is 4.88. The number of methoxy groups -OCH3 is 2. The lowest BCUT2D eigenvalue weighted by molar-refractivity contribution is -0.384. The van der Waals surface area contributed by atoms with Crippen molar-refractivity contribution in [3.8, 4) is 17.2 Å². The largest absolute Gasteiger partial charge is 0.502 e. The molecular weight excluding hydrogens is 371 g/mol. The maximum atomic E-state index is 12.7. The number of benzene rings is 2. The summed E-state index contributed by atoms with van der Waals surface area (Å²) in [4.78, 5) is 10.1. The van der Waals surface area contributed by atoms with Gasteiger partial charge in [0.1, 0.15) is 5.69 Å². The number of aromatic hydroxyl groups is 1. The molecule has 0 aliphatic rings. The van der Waals surface area contributed by atoms with Crippen LogP contribution in [0.1, 0.15) is 11.1 Å². The number of alkyl halides is 3. The number of nitro benzene ring substituents is 1. The molecule has 144 valence electrons. The van der Waals surface area contributed by atoms with Gasteiger partial charge >= 0.3 is 6.18 Å². The van der Waals surface area contributed by atoms with Gasteiger partial charge in [-0.3, -0.25) is 15.5 Å². The molecule has 2 aromatic carbocycles. The van der Waals surface area contributed by atoms with Crippen LogP contribution in [0.4, 0.5) is 24.5 Å². The third kappa shape index (κ3) is 4.57. The standard InChI is InChI=1S/C16H14F3N3O5/c1-26-13-5-9(6-14(27-2)15(13)23)8-20-21-11-4-3-10(16(17,18)19)7-12(11)22(24)25/h3-8,21,23H,1-2H3. The molecule has 0 bridgehead atoms. The number of hydrogen-bond donors (Lipinski definition) is 2. The van der Waals surface area contributed by atoms with Crippen molar-refractivity contribution >= 4 is 17.6 Å². The minimum atomic E-state index is -4.70. The van der Waals surface area contributed by atoms with Gasteiger partial charge in [0, 0.05) is 11.6 Å². The van der Waals surface area contributed by atoms with Crippen LogP contribution in [-0.2, 0) is 6.18 Å². The Kier molecular flexibility index (Phi) is 5.73. The maximum absolute atomic E-state index is 12.7. The van der Waals surface area contributed by atoms with Crippen LogP contribution >= 0.6 is 0 Å². The number of ether oxygens (including phenoxy) is 2. The summed E-state index contributed by atoms with van der Waals surface area (Å²) in [5.41, 5.74) is 0.596. The minimum Gasteiger partial charge on any atom is -0.502 e. The van der Waals surface area contributed by atoms with Gasteiger partial charge < -0.3 is 14.6 Å². The Labute approximate surface area is 151 Å². The second kappa shape index (κ2) is 7.81. The first-order valence-corrected chi connectivity index (χ1v) is 7.27. The van der Waals surface area contributed by atoms with Gasteiger partial charge in [-0.1, -0.05) is 0 Å². The van der Waals surface area contributed by atoms with Gasteiger partial charge in [-0.15, -0.1) is 0 Å². The second-order valence-corrected chi connectivity index (χ2v) is 5.13. The normalized spacial score (nSPS) is 11.4. The first-order chi connectivity index (χ1) is 12.7. The molecule has 0 aliphatic carbocycles. The summed E-state index contributed by atoms with van der Waals surface area (Å²) in [5.74, 6) is -0.00360. The Balaban J connectivity index is 2.30. The van der Waals surface area contributed by atoms with Crippen LogP contribution in [0.5, 0.6) is 17.2 Å². The van der Waals surface area contributed by atoms with Crippen molar-refractivity contribution in [2.75, 3.05) is 19.6 Å². The van der Waals surface area contributed by atoms with Crippen LogP contribution in [0.2, 0.25) is 0 Å². The molecule has 0 aromatic heterocycles. The van der Waals surface area contributed by atoms with Crippen molar-refractivity contribution in [1.29, 1.82) is 0 Å². The topological polar surface area (TPSA) is 106 Å². The van der Waals surface area contributed by atoms with Crippen LogP contribution in [0.25, 0.3) is 0 Å². The van der Waals surface area contributed by atoms with Gasteiger partial charge in [-0.05, 0) is 24.3 Å². The maximum Gasteiger partial charge on any atom is 0.416 e. The Bertz CT molecular complexity index is 859. The number of hydrazone groups is 1. The number of hydrogen-bond acceptors (Lipinski definition) is 7. The number of halogens is 3. The monoisotopic (exact) mass is 385 g/mol. The lowest BCUT2D eigenvalue weighted by Crippen LogP contribution is -2.06. The number of nitrogens with one attached hydrogen (secondary N) is 1. The van der Waals surface area contributed by atoms with Gasteiger partial charge in [0.25, 0.3) is 5.69 Å². The lowest BCUT2D eigenvalue weighted by atomic mass is 10.1. The van der Waals surface area contributed by atoms with Crippen molar-refractivity contribution in [2.24, 2.45) is 5.10 Å². The van der Waals surface area contributed by atoms with Crippen molar-refractivity contribution in [2.45, 2.75) is 6.18 Å². The molecule has 0 unspecified atom stereocenters. The fourth-order valence-corrected chi connectivity index (χ4v) is 2.12. The average molecular weight is 385 g/mol. The summed E-state index contributed by atoms with van der Waals surface area (Å²) < 4.78 is 48.0. The van der Waals surface area contributed by atoms with E-state index in [9.17, 15) is 28.4 Å². The van der Waals surface area contributed by atoms with Crippen LogP contribution in [0.3, 0.4) is 0 Å². The molecule has 0 fully saturated rings. The van der Waals surface area contributed by atoms with Gasteiger partial charge in [-0.2, -0.15) is 18.3 Å². The van der Waals surface area contributed by atoms with Crippen LogP contribution in [-0.4, -0.2) is 30.5 Å². The third-order valence-corrected chi connectivity index (χ3v) is 3.42. The highest BCUT2D eigenvalue weighted by molar-refractivity contribution is 5.83. The van der Waals surface area contributed by atoms with Gasteiger partial charge in [0.05, 0.1) is 30.9 Å². The summed E-state index contributed by atoms with van der Waals surface area (Å²) in [7, 11) is 2.67. The Morgan fingerprint density at radius 3 is 2.26 bits per heavy atom. The number of phenols is 1. The van der Waals surface area contributed by atoms with Crippen molar-refractivity contribution in [3.63, 3.8) is 0 Å². The van der Waals surface area contributed by atoms with E-state index in [0.717, 1.165) is 6.07 Å². The predicted molar refractivity (Wildman–Crippen MR) is 90.5 cm³/mol. The molecule has 27 heavy (non-hydrogen) atoms. The first kappa shape index (κ1) is 19.8. The van der Waals surface area contributed by atoms with Crippen LogP contribution in [0, 0.1) is 10.1 Å². The summed E-state index contributed by atoms with van der Waals surface area (Å²) in [6.45, 7) is 0. The quantitative estimate of drug-likeness (QED) is 0.445. The highest BCUT2D eigenvalue weighted by atomic mass is 19.4. The molecule has 0 atom stereocenters. The van der Waals surface area contributed by atoms with Crippen molar-refractivity contribution < 1.29 is 32.7 Å². The van der Waals surface area contributed by atoms with Crippen LogP contribution < -0.4 is 14.9 Å². The van der Waals surface area contributed by atoms with Crippen LogP contribution in [0.15, 0.2) is 35.4 Å². The molecule has 0 saturated carbocycles. The number of phenolic OH excluding ortho intramolecular Hbond substituents is 1. The highest BCUT2D eigenvalue weighted by Gasteiger charge is 2.33. The second-order valence-electron chi connectivity index (χ2n) is 5.13. The van der Waals surface area contributed by atoms with Gasteiger partial charge in [0.15, 0.2) is 11.5 Å². The van der Waals surface area contributed by atoms with E-state index < -0.39 is 22.4 Å². The molecule has 2 N–H and O–H groups in total. The van der Waals surface area contributed by atoms with E-state index in [-0.39, 0.29) is 22.9 Å². The smallest absolute Gasteiger partial charge is 0.416 e. The van der Waals surface area contributed by atoms with E-state index in [4.69, 9.17) is 9.47 Å². The van der Waals surface area contributed by atoms with E-state index >= 15 is 0 Å². The minimum absolute atomic E-state index is 0.108.